The molecule has 2 rings (SSSR count). The Bertz CT molecular complexity index is 876. The molecule has 1 aliphatic rings. The highest BCUT2D eigenvalue weighted by Crippen LogP contribution is 2.37. The molecule has 14 heteroatoms. The van der Waals surface area contributed by atoms with Crippen LogP contribution in [0.1, 0.15) is 51.2 Å². The number of hydrogen-bond acceptors (Lipinski definition) is 7. The van der Waals surface area contributed by atoms with Gasteiger partial charge in [0.05, 0.1) is 53.2 Å². The second kappa shape index (κ2) is 16.4. The molecule has 0 radical (unpaired) electrons. The van der Waals surface area contributed by atoms with Crippen molar-refractivity contribution >= 4 is 7.82 Å². The van der Waals surface area contributed by atoms with Crippen molar-refractivity contribution in [3.8, 4) is 0 Å². The van der Waals surface area contributed by atoms with Crippen LogP contribution in [0.2, 0.25) is 0 Å². The number of phosphoric acid groups is 1. The molecule has 202 valence electrons. The number of nitrogens with zero attached hydrogens (tertiary/aromatic N) is 1. The minimum Gasteiger partial charge on any atom is -0.790 e. The molecular weight excluding hydrogens is 479 g/mol. The number of H-pyrrole nitrogens is 1. The molecule has 0 amide bonds. The second-order valence-corrected chi connectivity index (χ2v) is 10.1. The third kappa shape index (κ3) is 12.4. The lowest BCUT2D eigenvalue weighted by Gasteiger charge is -2.33. The number of quaternary nitrogens is 4. The fraction of sp³-hybridized carbons (Fsp3) is 0.810. The van der Waals surface area contributed by atoms with E-state index in [1.54, 1.807) is 0 Å². The van der Waals surface area contributed by atoms with Gasteiger partial charge in [0.15, 0.2) is 0 Å². The zero-order chi connectivity index (χ0) is 25.5. The SMILES string of the molecule is [NH3+]CCCC[NH2+]CCCC[NH2+]CCCC[NH2+]CC1OC(n2ccc(=O)[nH]c2=O)C[C@@H]1OP(=O)([O-])[O-]. The van der Waals surface area contributed by atoms with Gasteiger partial charge in [-0.25, -0.2) is 4.79 Å². The van der Waals surface area contributed by atoms with Crippen molar-refractivity contribution in [3.63, 3.8) is 0 Å². The Morgan fingerprint density at radius 1 is 1.03 bits per heavy atom. The molecule has 0 bridgehead atoms. The molecule has 1 aliphatic heterocycles. The van der Waals surface area contributed by atoms with Crippen LogP contribution in [0.5, 0.6) is 0 Å². The lowest BCUT2D eigenvalue weighted by atomic mass is 10.1. The van der Waals surface area contributed by atoms with E-state index in [-0.39, 0.29) is 6.42 Å². The lowest BCUT2D eigenvalue weighted by molar-refractivity contribution is -0.671. The molecule has 1 fully saturated rings. The van der Waals surface area contributed by atoms with Crippen molar-refractivity contribution in [2.75, 3.05) is 45.8 Å². The zero-order valence-electron chi connectivity index (χ0n) is 20.5. The normalized spacial score (nSPS) is 20.5. The molecule has 2 unspecified atom stereocenters. The van der Waals surface area contributed by atoms with Crippen LogP contribution in [0.4, 0.5) is 0 Å². The number of unbranched alkanes of at least 4 members (excludes halogenated alkanes) is 3. The largest absolute Gasteiger partial charge is 0.790 e. The zero-order valence-corrected chi connectivity index (χ0v) is 21.4. The molecular formula is C21H43N6O7P+2. The van der Waals surface area contributed by atoms with Crippen molar-refractivity contribution in [1.82, 2.24) is 9.55 Å². The smallest absolute Gasteiger partial charge is 0.330 e. The molecule has 1 saturated heterocycles. The third-order valence-electron chi connectivity index (χ3n) is 6.05. The van der Waals surface area contributed by atoms with Crippen LogP contribution in [-0.4, -0.2) is 67.6 Å². The summed E-state index contributed by atoms with van der Waals surface area (Å²) < 4.78 is 22.8. The second-order valence-electron chi connectivity index (χ2n) is 8.99. The van der Waals surface area contributed by atoms with Crippen LogP contribution in [0, 0.1) is 0 Å². The third-order valence-corrected chi connectivity index (χ3v) is 6.58. The van der Waals surface area contributed by atoms with Gasteiger partial charge in [0.25, 0.3) is 5.56 Å². The van der Waals surface area contributed by atoms with Gasteiger partial charge in [-0.2, -0.15) is 0 Å². The monoisotopic (exact) mass is 522 g/mol. The molecule has 0 saturated carbocycles. The molecule has 35 heavy (non-hydrogen) atoms. The van der Waals surface area contributed by atoms with Gasteiger partial charge < -0.3 is 45.3 Å². The molecule has 2 heterocycles. The highest BCUT2D eigenvalue weighted by atomic mass is 31.2. The Hall–Kier alpha value is -1.41. The van der Waals surface area contributed by atoms with Crippen LogP contribution in [-0.2, 0) is 13.8 Å². The first-order valence-electron chi connectivity index (χ1n) is 12.7. The van der Waals surface area contributed by atoms with Gasteiger partial charge in [-0.05, 0) is 0 Å². The van der Waals surface area contributed by atoms with E-state index in [1.807, 2.05) is 5.32 Å². The Kier molecular flexibility index (Phi) is 13.9. The van der Waals surface area contributed by atoms with E-state index in [0.29, 0.717) is 6.54 Å². The first kappa shape index (κ1) is 29.8. The molecule has 1 aromatic rings. The number of rotatable bonds is 19. The van der Waals surface area contributed by atoms with Gasteiger partial charge in [0, 0.05) is 57.2 Å². The quantitative estimate of drug-likeness (QED) is 0.0876. The number of aromatic nitrogens is 2. The number of nitrogens with one attached hydrogen (secondary N) is 1. The predicted octanol–water partition coefficient (Wildman–Crippen LogP) is -5.69. The van der Waals surface area contributed by atoms with E-state index in [0.717, 1.165) is 43.6 Å². The van der Waals surface area contributed by atoms with E-state index < -0.39 is 37.5 Å². The predicted molar refractivity (Wildman–Crippen MR) is 123 cm³/mol. The maximum atomic E-state index is 12.0. The van der Waals surface area contributed by atoms with E-state index in [9.17, 15) is 23.9 Å². The highest BCUT2D eigenvalue weighted by molar-refractivity contribution is 7.43. The van der Waals surface area contributed by atoms with E-state index in [2.05, 4.69) is 21.4 Å². The van der Waals surface area contributed by atoms with Gasteiger partial charge in [-0.15, -0.1) is 0 Å². The lowest BCUT2D eigenvalue weighted by Crippen LogP contribution is -2.87. The summed E-state index contributed by atoms with van der Waals surface area (Å²) in [5.74, 6) is 0. The maximum Gasteiger partial charge on any atom is 0.330 e. The standard InChI is InChI=1S/C21H41N6O7P/c22-8-1-2-9-23-10-3-4-11-24-12-5-6-13-25-16-18-17(34-35(30,31)32)15-20(33-18)27-14-7-19(28)26-21(27)29/h7,14,17-18,20,23-25H,1-6,8-13,15-16,22H2,(H,26,28,29)(H2,30,31,32)/p+2/t17-,18?,20?/m0/s1. The van der Waals surface area contributed by atoms with Crippen molar-refractivity contribution in [2.45, 2.75) is 63.4 Å². The molecule has 0 aromatic carbocycles. The van der Waals surface area contributed by atoms with Crippen molar-refractivity contribution in [2.24, 2.45) is 0 Å². The van der Waals surface area contributed by atoms with E-state index in [1.165, 1.54) is 51.0 Å². The minimum atomic E-state index is -5.21. The minimum absolute atomic E-state index is 0.0157. The average Bonchev–Trinajstić information content (AvgIpc) is 3.16. The average molecular weight is 523 g/mol. The summed E-state index contributed by atoms with van der Waals surface area (Å²) in [5, 5.41) is 6.74. The first-order chi connectivity index (χ1) is 16.8. The summed E-state index contributed by atoms with van der Waals surface area (Å²) in [5.41, 5.74) is 2.64. The summed E-state index contributed by atoms with van der Waals surface area (Å²) >= 11 is 0. The summed E-state index contributed by atoms with van der Waals surface area (Å²) in [6, 6.07) is 1.17. The van der Waals surface area contributed by atoms with Gasteiger partial charge in [-0.3, -0.25) is 14.3 Å². The number of nitrogens with two attached hydrogens (primary N) is 3. The number of hydrogen-bond donors (Lipinski definition) is 5. The van der Waals surface area contributed by atoms with Crippen molar-refractivity contribution < 1.29 is 45.3 Å². The molecule has 10 N–H and O–H groups in total. The highest BCUT2D eigenvalue weighted by Gasteiger charge is 2.39. The van der Waals surface area contributed by atoms with Crippen LogP contribution in [0.25, 0.3) is 0 Å². The fourth-order valence-electron chi connectivity index (χ4n) is 4.20. The van der Waals surface area contributed by atoms with E-state index in [4.69, 9.17) is 9.26 Å². The molecule has 13 nitrogen and oxygen atoms in total. The Labute approximate surface area is 205 Å². The van der Waals surface area contributed by atoms with Crippen LogP contribution in [0.15, 0.2) is 21.9 Å². The van der Waals surface area contributed by atoms with Crippen molar-refractivity contribution in [1.29, 1.82) is 0 Å². The molecule has 0 aliphatic carbocycles. The van der Waals surface area contributed by atoms with Crippen molar-refractivity contribution in [3.05, 3.63) is 33.1 Å². The number of phosphoric ester groups is 1. The van der Waals surface area contributed by atoms with Crippen LogP contribution in [0.3, 0.4) is 0 Å². The molecule has 3 atom stereocenters. The van der Waals surface area contributed by atoms with Gasteiger partial charge >= 0.3 is 5.69 Å². The maximum absolute atomic E-state index is 12.0. The number of aromatic amines is 1. The Balaban J connectivity index is 1.60. The molecule has 1 aromatic heterocycles. The fourth-order valence-corrected chi connectivity index (χ4v) is 4.76. The van der Waals surface area contributed by atoms with Gasteiger partial charge in [0.2, 0.25) is 0 Å². The summed E-state index contributed by atoms with van der Waals surface area (Å²) in [6.07, 6.45) is 5.82. The summed E-state index contributed by atoms with van der Waals surface area (Å²) in [7, 11) is -5.21. The topological polar surface area (TPSA) is 214 Å². The van der Waals surface area contributed by atoms with Gasteiger partial charge in [-0.1, -0.05) is 0 Å². The van der Waals surface area contributed by atoms with Gasteiger partial charge in [0.1, 0.15) is 18.9 Å². The summed E-state index contributed by atoms with van der Waals surface area (Å²) in [4.78, 5) is 47.8. The number of ether oxygens (including phenoxy) is 1. The first-order valence-corrected chi connectivity index (χ1v) is 14.2. The summed E-state index contributed by atoms with van der Waals surface area (Å²) in [6.45, 7) is 6.86. The van der Waals surface area contributed by atoms with Crippen LogP contribution < -0.4 is 42.7 Å². The van der Waals surface area contributed by atoms with E-state index >= 15 is 0 Å². The Morgan fingerprint density at radius 2 is 1.60 bits per heavy atom. The molecule has 0 spiro atoms. The Morgan fingerprint density at radius 3 is 2.14 bits per heavy atom. The van der Waals surface area contributed by atoms with Crippen LogP contribution >= 0.6 is 7.82 Å².